The molecule has 4 amide bonds. The third-order valence-electron chi connectivity index (χ3n) is 14.2. The van der Waals surface area contributed by atoms with Crippen molar-refractivity contribution >= 4 is 35.4 Å². The van der Waals surface area contributed by atoms with Crippen molar-refractivity contribution in [3.8, 4) is 0 Å². The molecular formula is C54H93N5O15. The van der Waals surface area contributed by atoms with Gasteiger partial charge in [0.25, 0.3) is 0 Å². The normalized spacial score (nSPS) is 16.8. The van der Waals surface area contributed by atoms with E-state index in [0.717, 1.165) is 5.56 Å². The van der Waals surface area contributed by atoms with Crippen LogP contribution in [0.5, 0.6) is 0 Å². The van der Waals surface area contributed by atoms with Gasteiger partial charge >= 0.3 is 5.97 Å². The summed E-state index contributed by atoms with van der Waals surface area (Å²) in [6.07, 6.45) is 0.453. The van der Waals surface area contributed by atoms with E-state index in [0.29, 0.717) is 98.4 Å². The van der Waals surface area contributed by atoms with E-state index < -0.39 is 59.6 Å². The Morgan fingerprint density at radius 1 is 0.784 bits per heavy atom. The topological polar surface area (TPSA) is 244 Å². The number of hydrogen-bond acceptors (Lipinski definition) is 15. The molecule has 0 saturated carbocycles. The Kier molecular flexibility index (Phi) is 32.1. The number of likely N-dealkylation sites (N-methyl/N-ethyl adjacent to an activating group) is 2. The number of methoxy groups -OCH3 is 2. The van der Waals surface area contributed by atoms with Crippen LogP contribution in [0, 0.1) is 23.7 Å². The molecule has 1 aromatic rings. The number of hydrogen-bond donors (Lipinski definition) is 3. The summed E-state index contributed by atoms with van der Waals surface area (Å²) in [6, 6.07) is 6.89. The van der Waals surface area contributed by atoms with Crippen LogP contribution in [0.2, 0.25) is 0 Å². The van der Waals surface area contributed by atoms with E-state index in [1.54, 1.807) is 56.8 Å². The first-order valence-electron chi connectivity index (χ1n) is 26.4. The highest BCUT2D eigenvalue weighted by Crippen LogP contribution is 2.31. The number of Topliss-reactive ketones (excluding diaryl/α,β-unsaturated/α-hetero) is 1. The molecule has 1 unspecified atom stereocenters. The van der Waals surface area contributed by atoms with Crippen molar-refractivity contribution in [2.75, 3.05) is 121 Å². The molecular weight excluding hydrogens is 959 g/mol. The number of ether oxygens (including phenoxy) is 8. The van der Waals surface area contributed by atoms with Gasteiger partial charge in [0, 0.05) is 60.2 Å². The van der Waals surface area contributed by atoms with E-state index in [-0.39, 0.29) is 74.2 Å². The van der Waals surface area contributed by atoms with Crippen LogP contribution in [0.1, 0.15) is 92.6 Å². The molecule has 0 bridgehead atoms. The molecule has 1 saturated heterocycles. The lowest BCUT2D eigenvalue weighted by Crippen LogP contribution is -2.55. The van der Waals surface area contributed by atoms with Crippen LogP contribution in [-0.2, 0) is 73.1 Å². The monoisotopic (exact) mass is 1050 g/mol. The van der Waals surface area contributed by atoms with Crippen LogP contribution in [0.15, 0.2) is 30.3 Å². The Labute approximate surface area is 441 Å². The van der Waals surface area contributed by atoms with E-state index in [4.69, 9.17) is 43.6 Å². The maximum atomic E-state index is 14.6. The number of carboxylic acids is 1. The lowest BCUT2D eigenvalue weighted by atomic mass is 9.82. The van der Waals surface area contributed by atoms with Crippen molar-refractivity contribution < 1.29 is 71.8 Å². The van der Waals surface area contributed by atoms with E-state index >= 15 is 0 Å². The van der Waals surface area contributed by atoms with E-state index in [1.165, 1.54) is 19.1 Å². The predicted molar refractivity (Wildman–Crippen MR) is 279 cm³/mol. The molecule has 0 aliphatic carbocycles. The molecule has 1 fully saturated rings. The summed E-state index contributed by atoms with van der Waals surface area (Å²) < 4.78 is 44.8. The van der Waals surface area contributed by atoms with Crippen molar-refractivity contribution in [2.24, 2.45) is 29.4 Å². The van der Waals surface area contributed by atoms with Crippen LogP contribution in [0.25, 0.3) is 0 Å². The number of carbonyl (C=O) groups excluding carboxylic acids is 5. The number of nitrogens with zero attached hydrogens (tertiary/aromatic N) is 3. The maximum Gasteiger partial charge on any atom is 0.326 e. The molecule has 1 heterocycles. The first kappa shape index (κ1) is 66.0. The van der Waals surface area contributed by atoms with Crippen LogP contribution >= 0.6 is 0 Å². The first-order chi connectivity index (χ1) is 35.3. The molecule has 20 nitrogen and oxygen atoms in total. The van der Waals surface area contributed by atoms with Gasteiger partial charge in [-0.3, -0.25) is 24.0 Å². The Balaban J connectivity index is 1.95. The molecule has 424 valence electrons. The summed E-state index contributed by atoms with van der Waals surface area (Å²) in [5.74, 6) is -4.56. The average molecular weight is 1050 g/mol. The molecule has 0 spiro atoms. The highest BCUT2D eigenvalue weighted by atomic mass is 16.6. The fraction of sp³-hybridized carbons (Fsp3) is 0.778. The van der Waals surface area contributed by atoms with Gasteiger partial charge in [0.05, 0.1) is 128 Å². The van der Waals surface area contributed by atoms with Gasteiger partial charge in [-0.25, -0.2) is 4.79 Å². The summed E-state index contributed by atoms with van der Waals surface area (Å²) in [5, 5.41) is 12.6. The number of nitrogens with one attached hydrogen (secondary N) is 1. The zero-order valence-corrected chi connectivity index (χ0v) is 46.5. The summed E-state index contributed by atoms with van der Waals surface area (Å²) in [7, 11) is 6.28. The lowest BCUT2D eigenvalue weighted by molar-refractivity contribution is -0.151. The minimum atomic E-state index is -1.23. The Morgan fingerprint density at radius 2 is 1.31 bits per heavy atom. The average Bonchev–Trinajstić information content (AvgIpc) is 3.87. The standard InChI is InChI=1S/C54H93N5O15/c1-12-39(4)49(45(67-10)37-48(62)59-22-16-19-44(59)50(68-11)40(5)51(63)56-43(53(65)66)35-41-17-14-13-15-18-41)57(8)52(64)42(38(2)3)36-46(60)54(6,7)58(9)47(61)20-23-69-25-27-71-29-31-73-33-34-74-32-30-72-28-26-70-24-21-55/h13-15,17-18,38-40,42-45,49-50H,12,16,19-37,55H2,1-11H3,(H,56,63)(H,65,66)/t39-,40+,42-,43-,44-,45+,49-,50?/m0/s1. The van der Waals surface area contributed by atoms with Gasteiger partial charge < -0.3 is 68.8 Å². The number of ketones is 1. The number of carboxylic acid groups (broad SMARTS) is 1. The highest BCUT2D eigenvalue weighted by Gasteiger charge is 2.44. The van der Waals surface area contributed by atoms with Gasteiger partial charge in [0.1, 0.15) is 6.04 Å². The summed E-state index contributed by atoms with van der Waals surface area (Å²) in [5.41, 5.74) is 4.90. The summed E-state index contributed by atoms with van der Waals surface area (Å²) in [6.45, 7) is 18.6. The zero-order valence-electron chi connectivity index (χ0n) is 46.5. The van der Waals surface area contributed by atoms with Crippen LogP contribution < -0.4 is 11.1 Å². The third-order valence-corrected chi connectivity index (χ3v) is 14.2. The molecule has 20 heteroatoms. The minimum absolute atomic E-state index is 0.0491. The Morgan fingerprint density at radius 3 is 1.78 bits per heavy atom. The number of benzene rings is 1. The van der Waals surface area contributed by atoms with Crippen molar-refractivity contribution in [3.63, 3.8) is 0 Å². The van der Waals surface area contributed by atoms with Gasteiger partial charge in [-0.1, -0.05) is 71.4 Å². The van der Waals surface area contributed by atoms with Crippen molar-refractivity contribution in [3.05, 3.63) is 35.9 Å². The van der Waals surface area contributed by atoms with Gasteiger partial charge in [-0.15, -0.1) is 0 Å². The number of nitrogens with two attached hydrogens (primary N) is 1. The zero-order chi connectivity index (χ0) is 55.2. The second-order valence-electron chi connectivity index (χ2n) is 19.9. The Hall–Kier alpha value is -4.12. The molecule has 0 aromatic heterocycles. The van der Waals surface area contributed by atoms with Crippen LogP contribution in [-0.4, -0.2) is 212 Å². The number of likely N-dealkylation sites (tertiary alicyclic amines) is 1. The number of aliphatic carboxylic acids is 1. The van der Waals surface area contributed by atoms with Crippen molar-refractivity contribution in [2.45, 2.75) is 129 Å². The molecule has 8 atom stereocenters. The third kappa shape index (κ3) is 22.2. The fourth-order valence-corrected chi connectivity index (χ4v) is 9.09. The van der Waals surface area contributed by atoms with E-state index in [2.05, 4.69) is 5.32 Å². The van der Waals surface area contributed by atoms with Gasteiger partial charge in [-0.05, 0) is 44.1 Å². The number of rotatable bonds is 41. The molecule has 0 radical (unpaired) electrons. The van der Waals surface area contributed by atoms with Crippen LogP contribution in [0.4, 0.5) is 0 Å². The van der Waals surface area contributed by atoms with Gasteiger partial charge in [0.2, 0.25) is 23.6 Å². The summed E-state index contributed by atoms with van der Waals surface area (Å²) in [4.78, 5) is 87.0. The molecule has 4 N–H and O–H groups in total. The van der Waals surface area contributed by atoms with Crippen molar-refractivity contribution in [1.82, 2.24) is 20.0 Å². The number of amides is 4. The fourth-order valence-electron chi connectivity index (χ4n) is 9.09. The molecule has 74 heavy (non-hydrogen) atoms. The number of carbonyl (C=O) groups is 6. The van der Waals surface area contributed by atoms with Crippen molar-refractivity contribution in [1.29, 1.82) is 0 Å². The van der Waals surface area contributed by atoms with E-state index in [9.17, 15) is 33.9 Å². The second-order valence-corrected chi connectivity index (χ2v) is 19.9. The lowest BCUT2D eigenvalue weighted by Gasteiger charge is -2.41. The van der Waals surface area contributed by atoms with Gasteiger partial charge in [-0.2, -0.15) is 0 Å². The highest BCUT2D eigenvalue weighted by molar-refractivity contribution is 5.95. The Bertz CT molecular complexity index is 1790. The predicted octanol–water partition coefficient (Wildman–Crippen LogP) is 3.64. The molecule has 2 rings (SSSR count). The smallest absolute Gasteiger partial charge is 0.326 e. The maximum absolute atomic E-state index is 14.6. The largest absolute Gasteiger partial charge is 0.480 e. The summed E-state index contributed by atoms with van der Waals surface area (Å²) >= 11 is 0. The first-order valence-corrected chi connectivity index (χ1v) is 26.4. The van der Waals surface area contributed by atoms with Gasteiger partial charge in [0.15, 0.2) is 5.78 Å². The molecule has 1 aromatic carbocycles. The second kappa shape index (κ2) is 36.0. The molecule has 1 aliphatic rings. The molecule has 1 aliphatic heterocycles. The van der Waals surface area contributed by atoms with Crippen LogP contribution in [0.3, 0.4) is 0 Å². The quantitative estimate of drug-likeness (QED) is 0.0793. The minimum Gasteiger partial charge on any atom is -0.480 e. The SMILES string of the molecule is CC[C@H](C)[C@@H]([C@@H](CC(=O)N1CCC[C@H]1C(OC)[C@@H](C)C(=O)N[C@@H](Cc1ccccc1)C(=O)O)OC)N(C)C(=O)[C@@H](CC(=O)C(C)(C)N(C)C(=O)CCOCCOCCOCCOCCOCCOCCN)C(C)C. The van der Waals surface area contributed by atoms with E-state index in [1.807, 2.05) is 45.9 Å².